The van der Waals surface area contributed by atoms with Crippen LogP contribution in [0.15, 0.2) is 120 Å². The smallest absolute Gasteiger partial charge is 0.349 e. The number of nitrogens with one attached hydrogen (secondary N) is 1. The second-order valence-electron chi connectivity index (χ2n) is 14.8. The van der Waals surface area contributed by atoms with Crippen LogP contribution in [0.5, 0.6) is 11.5 Å². The van der Waals surface area contributed by atoms with E-state index in [-0.39, 0.29) is 30.2 Å². The molecule has 2 aliphatic heterocycles. The van der Waals surface area contributed by atoms with E-state index < -0.39 is 39.9 Å². The molecule has 3 heterocycles. The number of carbonyl (C=O) groups is 1. The van der Waals surface area contributed by atoms with E-state index in [9.17, 15) is 14.7 Å². The minimum Gasteiger partial charge on any atom is -0.497 e. The number of fused-ring (bicyclic) bond motifs is 2. The van der Waals surface area contributed by atoms with Crippen LogP contribution in [0.3, 0.4) is 0 Å². The van der Waals surface area contributed by atoms with E-state index >= 15 is 0 Å². The van der Waals surface area contributed by atoms with Gasteiger partial charge in [-0.3, -0.25) is 9.36 Å². The lowest BCUT2D eigenvalue weighted by atomic mass is 9.75. The molecule has 5 aromatic rings. The molecule has 53 heavy (non-hydrogen) atoms. The standard InChI is InChI=1S/C42H37N3O8/c1-25-22-45(37(47)44-35(25)43-36(46)26-10-6-4-7-11-26)34-32-33-38(23-39(48)42(33,38)53-41(32,34)52-39)24-51-40(27-12-8-5-9-13-27,28-14-18-30(49-2)19-15-28)29-16-20-31(50-3)21-17-29/h4-22,32-34,48H,23-24H2,1-3H3,(H,43,44,46,47). The van der Waals surface area contributed by atoms with Crippen molar-refractivity contribution >= 4 is 11.7 Å². The van der Waals surface area contributed by atoms with Gasteiger partial charge in [0.2, 0.25) is 0 Å². The molecule has 2 bridgehead atoms. The fourth-order valence-corrected chi connectivity index (χ4v) is 10.0. The summed E-state index contributed by atoms with van der Waals surface area (Å²) in [6.45, 7) is 2.05. The van der Waals surface area contributed by atoms with Crippen molar-refractivity contribution in [3.63, 3.8) is 0 Å². The van der Waals surface area contributed by atoms with E-state index in [2.05, 4.69) is 22.4 Å². The van der Waals surface area contributed by atoms with E-state index in [1.165, 1.54) is 4.57 Å². The molecule has 7 atom stereocenters. The van der Waals surface area contributed by atoms with Crippen molar-refractivity contribution in [3.05, 3.63) is 154 Å². The highest BCUT2D eigenvalue weighted by atomic mass is 16.9. The zero-order valence-corrected chi connectivity index (χ0v) is 29.3. The highest BCUT2D eigenvalue weighted by Gasteiger charge is 3.12. The molecule has 0 radical (unpaired) electrons. The normalized spacial score (nSPS) is 30.8. The zero-order chi connectivity index (χ0) is 36.4. The molecule has 11 nitrogen and oxygen atoms in total. The van der Waals surface area contributed by atoms with Crippen molar-refractivity contribution in [1.29, 1.82) is 0 Å². The number of aryl methyl sites for hydroxylation is 1. The summed E-state index contributed by atoms with van der Waals surface area (Å²) in [5.74, 6) is -1.63. The van der Waals surface area contributed by atoms with Gasteiger partial charge in [0.25, 0.3) is 5.91 Å². The van der Waals surface area contributed by atoms with Gasteiger partial charge in [0.15, 0.2) is 11.6 Å². The molecular formula is C42H37N3O8. The molecule has 2 spiro atoms. The van der Waals surface area contributed by atoms with Gasteiger partial charge < -0.3 is 34.1 Å². The van der Waals surface area contributed by atoms with Crippen molar-refractivity contribution < 1.29 is 33.6 Å². The Hall–Kier alpha value is -5.33. The van der Waals surface area contributed by atoms with Crippen molar-refractivity contribution in [2.24, 2.45) is 17.3 Å². The van der Waals surface area contributed by atoms with Crippen LogP contribution >= 0.6 is 0 Å². The zero-order valence-electron chi connectivity index (χ0n) is 29.3. The first kappa shape index (κ1) is 32.3. The first-order valence-corrected chi connectivity index (χ1v) is 17.7. The Morgan fingerprint density at radius 2 is 1.47 bits per heavy atom. The molecule has 5 fully saturated rings. The molecule has 3 saturated carbocycles. The van der Waals surface area contributed by atoms with Crippen LogP contribution in [0.25, 0.3) is 0 Å². The van der Waals surface area contributed by atoms with Crippen LogP contribution in [0.1, 0.15) is 45.1 Å². The number of rotatable bonds is 11. The minimum absolute atomic E-state index is 0.108. The summed E-state index contributed by atoms with van der Waals surface area (Å²) < 4.78 is 33.0. The average Bonchev–Trinajstić information content (AvgIpc) is 3.88. The van der Waals surface area contributed by atoms with Crippen LogP contribution in [0.4, 0.5) is 5.82 Å². The molecule has 11 heteroatoms. The Kier molecular flexibility index (Phi) is 6.63. The minimum atomic E-state index is -1.49. The lowest BCUT2D eigenvalue weighted by molar-refractivity contribution is -0.272. The fraction of sp³-hybridized carbons (Fsp3) is 0.310. The molecule has 5 aliphatic rings. The summed E-state index contributed by atoms with van der Waals surface area (Å²) >= 11 is 0. The number of hydrogen-bond acceptors (Lipinski definition) is 9. The average molecular weight is 712 g/mol. The molecular weight excluding hydrogens is 674 g/mol. The number of methoxy groups -OCH3 is 2. The monoisotopic (exact) mass is 711 g/mol. The summed E-state index contributed by atoms with van der Waals surface area (Å²) in [6, 6.07) is 34.1. The Morgan fingerprint density at radius 3 is 2.08 bits per heavy atom. The first-order valence-electron chi connectivity index (χ1n) is 17.7. The number of anilines is 1. The summed E-state index contributed by atoms with van der Waals surface area (Å²) in [4.78, 5) is 30.7. The number of carbonyl (C=O) groups excluding carboxylic acids is 1. The van der Waals surface area contributed by atoms with Crippen LogP contribution in [0, 0.1) is 24.2 Å². The highest BCUT2D eigenvalue weighted by Crippen LogP contribution is 2.99. The summed E-state index contributed by atoms with van der Waals surface area (Å²) in [7, 11) is 3.28. The second-order valence-corrected chi connectivity index (χ2v) is 14.8. The Morgan fingerprint density at radius 1 is 0.887 bits per heavy atom. The highest BCUT2D eigenvalue weighted by molar-refractivity contribution is 6.04. The van der Waals surface area contributed by atoms with Crippen molar-refractivity contribution in [2.75, 3.05) is 26.1 Å². The third kappa shape index (κ3) is 4.05. The number of benzene rings is 4. The Balaban J connectivity index is 0.985. The molecule has 1 aromatic heterocycles. The number of amides is 1. The van der Waals surface area contributed by atoms with E-state index in [1.807, 2.05) is 72.8 Å². The summed E-state index contributed by atoms with van der Waals surface area (Å²) in [5, 5.41) is 14.6. The van der Waals surface area contributed by atoms with Gasteiger partial charge in [-0.2, -0.15) is 4.98 Å². The molecule has 2 saturated heterocycles. The van der Waals surface area contributed by atoms with Crippen molar-refractivity contribution in [3.8, 4) is 11.5 Å². The lowest BCUT2D eigenvalue weighted by Gasteiger charge is -2.45. The Bertz CT molecular complexity index is 2290. The van der Waals surface area contributed by atoms with Gasteiger partial charge in [-0.15, -0.1) is 0 Å². The topological polar surface area (TPSA) is 130 Å². The van der Waals surface area contributed by atoms with E-state index in [0.717, 1.165) is 28.2 Å². The molecule has 268 valence electrons. The van der Waals surface area contributed by atoms with Crippen molar-refractivity contribution in [2.45, 2.75) is 42.2 Å². The quantitative estimate of drug-likeness (QED) is 0.178. The molecule has 2 N–H and O–H groups in total. The molecule has 3 aliphatic carbocycles. The van der Waals surface area contributed by atoms with Gasteiger partial charge in [0, 0.05) is 41.0 Å². The van der Waals surface area contributed by atoms with Gasteiger partial charge in [0.05, 0.1) is 20.8 Å². The van der Waals surface area contributed by atoms with Crippen LogP contribution in [-0.2, 0) is 19.8 Å². The summed E-state index contributed by atoms with van der Waals surface area (Å²) in [5.41, 5.74) is 0.746. The number of aromatic nitrogens is 2. The van der Waals surface area contributed by atoms with Crippen LogP contribution in [0.2, 0.25) is 0 Å². The number of ether oxygens (including phenoxy) is 5. The predicted molar refractivity (Wildman–Crippen MR) is 192 cm³/mol. The van der Waals surface area contributed by atoms with Crippen LogP contribution < -0.4 is 20.5 Å². The maximum absolute atomic E-state index is 13.6. The SMILES string of the molecule is COc1ccc(C(OCC23CC4(O)OC56OC42C3C5C6n2cc(C)c(NC(=O)c3ccccc3)nc2=O)(c2ccccc2)c2ccc(OC)cc2)cc1. The molecule has 4 aromatic carbocycles. The van der Waals surface area contributed by atoms with Gasteiger partial charge in [-0.25, -0.2) is 4.79 Å². The number of nitrogens with zero attached hydrogens (tertiary/aromatic N) is 2. The maximum atomic E-state index is 13.6. The third-order valence-corrected chi connectivity index (χ3v) is 12.4. The van der Waals surface area contributed by atoms with E-state index in [4.69, 9.17) is 23.7 Å². The van der Waals surface area contributed by atoms with E-state index in [1.54, 1.807) is 51.6 Å². The number of aliphatic hydroxyl groups is 1. The molecule has 7 unspecified atom stereocenters. The fourth-order valence-electron chi connectivity index (χ4n) is 10.0. The lowest BCUT2D eigenvalue weighted by Crippen LogP contribution is -2.58. The maximum Gasteiger partial charge on any atom is 0.349 e. The molecule has 1 amide bonds. The summed E-state index contributed by atoms with van der Waals surface area (Å²) in [6.07, 6.45) is 2.04. The second kappa shape index (κ2) is 10.9. The van der Waals surface area contributed by atoms with E-state index in [0.29, 0.717) is 17.5 Å². The van der Waals surface area contributed by atoms with Gasteiger partial charge in [0.1, 0.15) is 34.6 Å². The molecule has 10 rings (SSSR count). The third-order valence-electron chi connectivity index (χ3n) is 12.4. The first-order chi connectivity index (χ1) is 25.7. The van der Waals surface area contributed by atoms with Gasteiger partial charge in [-0.05, 0) is 60.0 Å². The number of hydrogen-bond donors (Lipinski definition) is 2. The Labute approximate surface area is 305 Å². The van der Waals surface area contributed by atoms with Gasteiger partial charge >= 0.3 is 5.69 Å². The van der Waals surface area contributed by atoms with Gasteiger partial charge in [-0.1, -0.05) is 72.8 Å². The predicted octanol–water partition coefficient (Wildman–Crippen LogP) is 5.20. The van der Waals surface area contributed by atoms with Crippen LogP contribution in [-0.4, -0.2) is 58.6 Å². The van der Waals surface area contributed by atoms with Crippen molar-refractivity contribution in [1.82, 2.24) is 9.55 Å². The largest absolute Gasteiger partial charge is 0.497 e.